The molecule has 1 amide bonds. The first-order chi connectivity index (χ1) is 13.2. The lowest BCUT2D eigenvalue weighted by atomic mass is 9.90. The third-order valence-electron chi connectivity index (χ3n) is 5.05. The first-order valence-corrected chi connectivity index (χ1v) is 9.14. The number of fused-ring (bicyclic) bond motifs is 1. The van der Waals surface area contributed by atoms with E-state index >= 15 is 0 Å². The Labute approximate surface area is 158 Å². The number of pyridine rings is 1. The van der Waals surface area contributed by atoms with Crippen molar-refractivity contribution in [3.63, 3.8) is 0 Å². The molecule has 0 bridgehead atoms. The van der Waals surface area contributed by atoms with Gasteiger partial charge in [0.05, 0.1) is 24.5 Å². The number of oxazole rings is 1. The summed E-state index contributed by atoms with van der Waals surface area (Å²) in [5.74, 6) is 0.396. The van der Waals surface area contributed by atoms with Crippen molar-refractivity contribution < 1.29 is 9.21 Å². The van der Waals surface area contributed by atoms with Crippen LogP contribution in [-0.2, 0) is 19.5 Å². The molecule has 3 aromatic rings. The van der Waals surface area contributed by atoms with E-state index in [9.17, 15) is 4.79 Å². The molecule has 6 nitrogen and oxygen atoms in total. The summed E-state index contributed by atoms with van der Waals surface area (Å²) in [6.45, 7) is 1.30. The van der Waals surface area contributed by atoms with Gasteiger partial charge in [-0.25, -0.2) is 4.98 Å². The minimum Gasteiger partial charge on any atom is -0.447 e. The van der Waals surface area contributed by atoms with Crippen LogP contribution in [0.4, 0.5) is 0 Å². The molecule has 2 aromatic heterocycles. The number of hydrogen-bond donors (Lipinski definition) is 1. The number of nitrogens with zero attached hydrogens (tertiary/aromatic N) is 3. The Morgan fingerprint density at radius 2 is 2.19 bits per heavy atom. The van der Waals surface area contributed by atoms with E-state index in [2.05, 4.69) is 20.9 Å². The zero-order chi connectivity index (χ0) is 18.6. The van der Waals surface area contributed by atoms with Crippen LogP contribution in [0.1, 0.15) is 51.8 Å². The van der Waals surface area contributed by atoms with E-state index in [-0.39, 0.29) is 6.04 Å². The second kappa shape index (κ2) is 7.72. The lowest BCUT2D eigenvalue weighted by molar-refractivity contribution is 0.0999. The Hall–Kier alpha value is -2.99. The predicted octanol–water partition coefficient (Wildman–Crippen LogP) is 3.25. The fraction of sp³-hybridized carbons (Fsp3) is 0.286. The number of aryl methyl sites for hydroxylation is 1. The lowest BCUT2D eigenvalue weighted by Crippen LogP contribution is -2.31. The molecule has 0 spiro atoms. The molecule has 2 heterocycles. The summed E-state index contributed by atoms with van der Waals surface area (Å²) in [7, 11) is 0. The average molecular weight is 362 g/mol. The molecular formula is C21H22N4O2. The number of benzene rings is 1. The Bertz CT molecular complexity index is 923. The predicted molar refractivity (Wildman–Crippen MR) is 101 cm³/mol. The fourth-order valence-corrected chi connectivity index (χ4v) is 3.79. The molecular weight excluding hydrogens is 340 g/mol. The highest BCUT2D eigenvalue weighted by atomic mass is 16.3. The minimum atomic E-state index is -0.414. The summed E-state index contributed by atoms with van der Waals surface area (Å²) in [5, 5.41) is 0. The van der Waals surface area contributed by atoms with E-state index in [4.69, 9.17) is 10.2 Å². The van der Waals surface area contributed by atoms with Gasteiger partial charge in [-0.05, 0) is 48.6 Å². The van der Waals surface area contributed by atoms with E-state index in [0.29, 0.717) is 18.7 Å². The van der Waals surface area contributed by atoms with Crippen molar-refractivity contribution in [3.8, 4) is 0 Å². The summed E-state index contributed by atoms with van der Waals surface area (Å²) in [5.41, 5.74) is 9.44. The van der Waals surface area contributed by atoms with Crippen molar-refractivity contribution in [3.05, 3.63) is 83.3 Å². The molecule has 27 heavy (non-hydrogen) atoms. The molecule has 2 N–H and O–H groups in total. The van der Waals surface area contributed by atoms with Crippen molar-refractivity contribution in [1.82, 2.24) is 14.9 Å². The molecule has 0 radical (unpaired) electrons. The van der Waals surface area contributed by atoms with Gasteiger partial charge in [0, 0.05) is 18.3 Å². The number of carbonyl (C=O) groups is 1. The van der Waals surface area contributed by atoms with Gasteiger partial charge in [0.2, 0.25) is 5.91 Å². The van der Waals surface area contributed by atoms with Gasteiger partial charge in [0.25, 0.3) is 0 Å². The van der Waals surface area contributed by atoms with Crippen LogP contribution in [0.2, 0.25) is 0 Å². The van der Waals surface area contributed by atoms with Crippen molar-refractivity contribution in [2.45, 2.75) is 38.4 Å². The van der Waals surface area contributed by atoms with Crippen molar-refractivity contribution in [2.75, 3.05) is 0 Å². The molecule has 0 aliphatic heterocycles. The third kappa shape index (κ3) is 3.90. The fourth-order valence-electron chi connectivity index (χ4n) is 3.79. The van der Waals surface area contributed by atoms with Crippen molar-refractivity contribution >= 4 is 5.91 Å². The number of carbonyl (C=O) groups excluding carboxylic acids is 1. The molecule has 4 rings (SSSR count). The highest BCUT2D eigenvalue weighted by Gasteiger charge is 2.28. The number of primary amides is 1. The molecule has 0 fully saturated rings. The van der Waals surface area contributed by atoms with Crippen LogP contribution in [0.25, 0.3) is 0 Å². The summed E-state index contributed by atoms with van der Waals surface area (Å²) < 4.78 is 5.50. The monoisotopic (exact) mass is 362 g/mol. The topological polar surface area (TPSA) is 85.3 Å². The van der Waals surface area contributed by atoms with Crippen LogP contribution in [0.15, 0.2) is 59.6 Å². The summed E-state index contributed by atoms with van der Waals surface area (Å²) in [6.07, 6.45) is 8.28. The molecule has 1 aromatic carbocycles. The van der Waals surface area contributed by atoms with E-state index in [1.54, 1.807) is 12.3 Å². The molecule has 138 valence electrons. The zero-order valence-corrected chi connectivity index (χ0v) is 15.0. The Kier molecular flexibility index (Phi) is 4.98. The van der Waals surface area contributed by atoms with Crippen LogP contribution in [0.3, 0.4) is 0 Å². The van der Waals surface area contributed by atoms with Gasteiger partial charge in [-0.15, -0.1) is 0 Å². The van der Waals surface area contributed by atoms with Crippen LogP contribution in [0, 0.1) is 0 Å². The van der Waals surface area contributed by atoms with Gasteiger partial charge in [-0.1, -0.05) is 18.2 Å². The van der Waals surface area contributed by atoms with Crippen LogP contribution in [-0.4, -0.2) is 20.8 Å². The van der Waals surface area contributed by atoms with Gasteiger partial charge in [0.15, 0.2) is 6.39 Å². The number of aromatic nitrogens is 2. The quantitative estimate of drug-likeness (QED) is 0.727. The van der Waals surface area contributed by atoms with Crippen molar-refractivity contribution in [2.24, 2.45) is 5.73 Å². The minimum absolute atomic E-state index is 0.192. The Balaban J connectivity index is 1.66. The van der Waals surface area contributed by atoms with E-state index in [1.807, 2.05) is 30.5 Å². The molecule has 1 aliphatic carbocycles. The maximum absolute atomic E-state index is 11.5. The summed E-state index contributed by atoms with van der Waals surface area (Å²) >= 11 is 0. The maximum Gasteiger partial charge on any atom is 0.248 e. The number of rotatable bonds is 6. The molecule has 0 saturated carbocycles. The summed E-state index contributed by atoms with van der Waals surface area (Å²) in [4.78, 5) is 22.6. The van der Waals surface area contributed by atoms with E-state index < -0.39 is 5.91 Å². The van der Waals surface area contributed by atoms with Crippen molar-refractivity contribution in [1.29, 1.82) is 0 Å². The third-order valence-corrected chi connectivity index (χ3v) is 5.05. The largest absolute Gasteiger partial charge is 0.447 e. The van der Waals surface area contributed by atoms with Crippen LogP contribution in [0.5, 0.6) is 0 Å². The van der Waals surface area contributed by atoms with Gasteiger partial charge < -0.3 is 10.2 Å². The van der Waals surface area contributed by atoms with E-state index in [0.717, 1.165) is 36.3 Å². The SMILES string of the molecule is NC(=O)c1cccc(CN(Cc2cnco2)C2CCCc3cccnc32)c1. The normalized spacial score (nSPS) is 16.3. The number of nitrogens with two attached hydrogens (primary N) is 1. The first-order valence-electron chi connectivity index (χ1n) is 9.14. The molecule has 1 unspecified atom stereocenters. The van der Waals surface area contributed by atoms with Crippen LogP contribution < -0.4 is 5.73 Å². The highest BCUT2D eigenvalue weighted by Crippen LogP contribution is 2.34. The standard InChI is InChI=1S/C21H22N4O2/c22-21(26)17-6-1-4-15(10-17)12-25(13-18-11-23-14-27-18)19-8-2-5-16-7-3-9-24-20(16)19/h1,3-4,6-7,9-11,14,19H,2,5,8,12-13H2,(H2,22,26). The number of hydrogen-bond acceptors (Lipinski definition) is 5. The van der Waals surface area contributed by atoms with Crippen LogP contribution >= 0.6 is 0 Å². The molecule has 1 aliphatic rings. The first kappa shape index (κ1) is 17.4. The Morgan fingerprint density at radius 1 is 1.26 bits per heavy atom. The van der Waals surface area contributed by atoms with Gasteiger partial charge in [-0.2, -0.15) is 0 Å². The average Bonchev–Trinajstić information content (AvgIpc) is 3.20. The molecule has 0 saturated heterocycles. The molecule has 6 heteroatoms. The zero-order valence-electron chi connectivity index (χ0n) is 15.0. The Morgan fingerprint density at radius 3 is 3.00 bits per heavy atom. The second-order valence-corrected chi connectivity index (χ2v) is 6.89. The smallest absolute Gasteiger partial charge is 0.248 e. The number of amides is 1. The van der Waals surface area contributed by atoms with Gasteiger partial charge in [-0.3, -0.25) is 14.7 Å². The maximum atomic E-state index is 11.5. The molecule has 1 atom stereocenters. The highest BCUT2D eigenvalue weighted by molar-refractivity contribution is 5.92. The van der Waals surface area contributed by atoms with Gasteiger partial charge in [0.1, 0.15) is 5.76 Å². The summed E-state index contributed by atoms with van der Waals surface area (Å²) in [6, 6.07) is 11.8. The van der Waals surface area contributed by atoms with Gasteiger partial charge >= 0.3 is 0 Å². The lowest BCUT2D eigenvalue weighted by Gasteiger charge is -2.34. The second-order valence-electron chi connectivity index (χ2n) is 6.89. The van der Waals surface area contributed by atoms with E-state index in [1.165, 1.54) is 12.0 Å².